The molecule has 0 spiro atoms. The molecular weight excluding hydrogens is 174 g/mol. The van der Waals surface area contributed by atoms with Crippen LogP contribution in [0.4, 0.5) is 0 Å². The van der Waals surface area contributed by atoms with E-state index in [0.29, 0.717) is 6.04 Å². The van der Waals surface area contributed by atoms with E-state index in [4.69, 9.17) is 5.73 Å². The summed E-state index contributed by atoms with van der Waals surface area (Å²) in [6, 6.07) is 0.630. The smallest absolute Gasteiger partial charge is 0.00760 e. The highest BCUT2D eigenvalue weighted by Gasteiger charge is 2.21. The lowest BCUT2D eigenvalue weighted by Crippen LogP contribution is -2.35. The van der Waals surface area contributed by atoms with Crippen molar-refractivity contribution in [1.82, 2.24) is 9.80 Å². The summed E-state index contributed by atoms with van der Waals surface area (Å²) in [4.78, 5) is 4.88. The van der Waals surface area contributed by atoms with Gasteiger partial charge in [0.2, 0.25) is 0 Å². The van der Waals surface area contributed by atoms with Gasteiger partial charge in [0.05, 0.1) is 0 Å². The van der Waals surface area contributed by atoms with Gasteiger partial charge in [-0.2, -0.15) is 0 Å². The van der Waals surface area contributed by atoms with E-state index in [1.54, 1.807) is 0 Å². The number of hydrogen-bond acceptors (Lipinski definition) is 3. The summed E-state index contributed by atoms with van der Waals surface area (Å²) >= 11 is 0. The summed E-state index contributed by atoms with van der Waals surface area (Å²) in [5.41, 5.74) is 5.56. The second kappa shape index (κ2) is 5.69. The highest BCUT2D eigenvalue weighted by molar-refractivity contribution is 4.77. The summed E-state index contributed by atoms with van der Waals surface area (Å²) in [5, 5.41) is 0. The van der Waals surface area contributed by atoms with Gasteiger partial charge in [-0.3, -0.25) is 0 Å². The maximum Gasteiger partial charge on any atom is 0.00760 e. The van der Waals surface area contributed by atoms with Gasteiger partial charge in [-0.1, -0.05) is 0 Å². The molecule has 1 heterocycles. The van der Waals surface area contributed by atoms with Crippen molar-refractivity contribution >= 4 is 0 Å². The quantitative estimate of drug-likeness (QED) is 0.704. The maximum atomic E-state index is 5.56. The molecule has 3 nitrogen and oxygen atoms in total. The van der Waals surface area contributed by atoms with Gasteiger partial charge in [0.15, 0.2) is 0 Å². The van der Waals surface area contributed by atoms with Crippen molar-refractivity contribution in [3.05, 3.63) is 0 Å². The van der Waals surface area contributed by atoms with Gasteiger partial charge in [0.1, 0.15) is 0 Å². The Kier molecular flexibility index (Phi) is 4.85. The normalized spacial score (nSPS) is 25.9. The molecule has 1 fully saturated rings. The van der Waals surface area contributed by atoms with Gasteiger partial charge < -0.3 is 15.5 Å². The topological polar surface area (TPSA) is 32.5 Å². The van der Waals surface area contributed by atoms with Crippen LogP contribution in [-0.2, 0) is 0 Å². The second-order valence-electron chi connectivity index (χ2n) is 4.78. The molecule has 0 bridgehead atoms. The number of nitrogens with two attached hydrogens (primary N) is 1. The van der Waals surface area contributed by atoms with Gasteiger partial charge in [0.25, 0.3) is 0 Å². The Morgan fingerprint density at radius 2 is 2.29 bits per heavy atom. The summed E-state index contributed by atoms with van der Waals surface area (Å²) in [6.07, 6.45) is 2.47. The molecule has 1 saturated heterocycles. The Morgan fingerprint density at radius 1 is 1.57 bits per heavy atom. The minimum atomic E-state index is 0.630. The standard InChI is InChI=1S/C11H25N3/c1-10(4-6-12)14(3)9-11-5-7-13(2)8-11/h10-11H,4-9,12H2,1-3H3. The predicted molar refractivity (Wildman–Crippen MR) is 61.4 cm³/mol. The van der Waals surface area contributed by atoms with Crippen molar-refractivity contribution in [2.75, 3.05) is 40.3 Å². The van der Waals surface area contributed by atoms with Gasteiger partial charge in [-0.15, -0.1) is 0 Å². The highest BCUT2D eigenvalue weighted by Crippen LogP contribution is 2.16. The van der Waals surface area contributed by atoms with E-state index in [9.17, 15) is 0 Å². The number of hydrogen-bond donors (Lipinski definition) is 1. The molecule has 2 N–H and O–H groups in total. The first kappa shape index (κ1) is 12.0. The summed E-state index contributed by atoms with van der Waals surface area (Å²) in [6.45, 7) is 6.83. The van der Waals surface area contributed by atoms with Crippen LogP contribution in [0.1, 0.15) is 19.8 Å². The minimum Gasteiger partial charge on any atom is -0.330 e. The molecule has 1 rings (SSSR count). The van der Waals surface area contributed by atoms with Crippen LogP contribution < -0.4 is 5.73 Å². The zero-order valence-electron chi connectivity index (χ0n) is 9.87. The van der Waals surface area contributed by atoms with Crippen molar-refractivity contribution in [2.24, 2.45) is 11.7 Å². The molecular formula is C11H25N3. The zero-order chi connectivity index (χ0) is 10.6. The highest BCUT2D eigenvalue weighted by atomic mass is 15.2. The SMILES string of the molecule is CC(CCN)N(C)CC1CCN(C)C1. The van der Waals surface area contributed by atoms with Gasteiger partial charge in [0, 0.05) is 19.1 Å². The van der Waals surface area contributed by atoms with Crippen LogP contribution in [0.25, 0.3) is 0 Å². The molecule has 0 aromatic rings. The van der Waals surface area contributed by atoms with Crippen LogP contribution in [0.5, 0.6) is 0 Å². The number of nitrogens with zero attached hydrogens (tertiary/aromatic N) is 2. The first-order chi connectivity index (χ1) is 6.63. The van der Waals surface area contributed by atoms with Crippen LogP contribution in [0.3, 0.4) is 0 Å². The second-order valence-corrected chi connectivity index (χ2v) is 4.78. The van der Waals surface area contributed by atoms with E-state index < -0.39 is 0 Å². The molecule has 14 heavy (non-hydrogen) atoms. The van der Waals surface area contributed by atoms with E-state index >= 15 is 0 Å². The molecule has 1 aliphatic rings. The fourth-order valence-corrected chi connectivity index (χ4v) is 2.22. The molecule has 3 heteroatoms. The average molecular weight is 199 g/mol. The Balaban J connectivity index is 2.22. The molecule has 2 unspecified atom stereocenters. The first-order valence-corrected chi connectivity index (χ1v) is 5.72. The van der Waals surface area contributed by atoms with E-state index in [0.717, 1.165) is 18.9 Å². The molecule has 0 aromatic heterocycles. The largest absolute Gasteiger partial charge is 0.330 e. The molecule has 0 aromatic carbocycles. The minimum absolute atomic E-state index is 0.630. The lowest BCUT2D eigenvalue weighted by molar-refractivity contribution is 0.211. The maximum absolute atomic E-state index is 5.56. The molecule has 84 valence electrons. The van der Waals surface area contributed by atoms with Crippen LogP contribution in [0, 0.1) is 5.92 Å². The van der Waals surface area contributed by atoms with Crippen LogP contribution in [-0.4, -0.2) is 56.1 Å². The fraction of sp³-hybridized carbons (Fsp3) is 1.00. The van der Waals surface area contributed by atoms with Crippen molar-refractivity contribution in [2.45, 2.75) is 25.8 Å². The predicted octanol–water partition coefficient (Wildman–Crippen LogP) is 0.607. The Morgan fingerprint density at radius 3 is 2.79 bits per heavy atom. The van der Waals surface area contributed by atoms with Crippen LogP contribution in [0.2, 0.25) is 0 Å². The van der Waals surface area contributed by atoms with E-state index in [-0.39, 0.29) is 0 Å². The molecule has 0 saturated carbocycles. The average Bonchev–Trinajstić information content (AvgIpc) is 2.51. The van der Waals surface area contributed by atoms with E-state index in [2.05, 4.69) is 30.8 Å². The van der Waals surface area contributed by atoms with Gasteiger partial charge >= 0.3 is 0 Å². The molecule has 0 radical (unpaired) electrons. The monoisotopic (exact) mass is 199 g/mol. The number of likely N-dealkylation sites (tertiary alicyclic amines) is 1. The Hall–Kier alpha value is -0.120. The zero-order valence-corrected chi connectivity index (χ0v) is 9.87. The van der Waals surface area contributed by atoms with Crippen molar-refractivity contribution in [3.8, 4) is 0 Å². The third-order valence-corrected chi connectivity index (χ3v) is 3.37. The van der Waals surface area contributed by atoms with Gasteiger partial charge in [-0.25, -0.2) is 0 Å². The lowest BCUT2D eigenvalue weighted by Gasteiger charge is -2.27. The summed E-state index contributed by atoms with van der Waals surface area (Å²) in [5.74, 6) is 0.866. The van der Waals surface area contributed by atoms with Crippen molar-refractivity contribution in [3.63, 3.8) is 0 Å². The van der Waals surface area contributed by atoms with Gasteiger partial charge in [-0.05, 0) is 52.9 Å². The third kappa shape index (κ3) is 3.56. The molecule has 2 atom stereocenters. The molecule has 1 aliphatic heterocycles. The summed E-state index contributed by atoms with van der Waals surface area (Å²) < 4.78 is 0. The number of rotatable bonds is 5. The van der Waals surface area contributed by atoms with Crippen molar-refractivity contribution < 1.29 is 0 Å². The van der Waals surface area contributed by atoms with E-state index in [1.807, 2.05) is 0 Å². The van der Waals surface area contributed by atoms with Crippen LogP contribution in [0.15, 0.2) is 0 Å². The summed E-state index contributed by atoms with van der Waals surface area (Å²) in [7, 11) is 4.43. The van der Waals surface area contributed by atoms with Crippen molar-refractivity contribution in [1.29, 1.82) is 0 Å². The first-order valence-electron chi connectivity index (χ1n) is 5.72. The van der Waals surface area contributed by atoms with Crippen LogP contribution >= 0.6 is 0 Å². The third-order valence-electron chi connectivity index (χ3n) is 3.37. The fourth-order valence-electron chi connectivity index (χ4n) is 2.22. The lowest BCUT2D eigenvalue weighted by atomic mass is 10.1. The molecule has 0 aliphatic carbocycles. The Labute approximate surface area is 88.2 Å². The van der Waals surface area contributed by atoms with E-state index in [1.165, 1.54) is 26.1 Å². The Bertz CT molecular complexity index is 161. The molecule has 0 amide bonds.